The second-order valence-corrected chi connectivity index (χ2v) is 7.75. The number of hydrogen-bond donors (Lipinski definition) is 2. The number of aliphatic hydroxyl groups is 1. The first-order valence-electron chi connectivity index (χ1n) is 9.46. The molecule has 1 aliphatic rings. The lowest BCUT2D eigenvalue weighted by Crippen LogP contribution is -2.37. The van der Waals surface area contributed by atoms with Gasteiger partial charge in [-0.3, -0.25) is 4.90 Å². The van der Waals surface area contributed by atoms with Crippen LogP contribution in [0.15, 0.2) is 16.5 Å². The van der Waals surface area contributed by atoms with Crippen molar-refractivity contribution < 1.29 is 24.2 Å². The van der Waals surface area contributed by atoms with Crippen LogP contribution in [0.5, 0.6) is 0 Å². The van der Waals surface area contributed by atoms with E-state index in [-0.39, 0.29) is 12.4 Å². The van der Waals surface area contributed by atoms with Gasteiger partial charge < -0.3 is 19.4 Å². The minimum absolute atomic E-state index is 0.0736. The maximum absolute atomic E-state index is 10.8. The molecule has 2 unspecified atom stereocenters. The van der Waals surface area contributed by atoms with Crippen LogP contribution in [0.3, 0.4) is 0 Å². The fraction of sp³-hybridized carbons (Fsp3) is 0.737. The fourth-order valence-corrected chi connectivity index (χ4v) is 3.55. The number of hydrogen-bond acceptors (Lipinski definition) is 5. The Morgan fingerprint density at radius 2 is 2.23 bits per heavy atom. The number of aromatic carboxylic acids is 1. The summed E-state index contributed by atoms with van der Waals surface area (Å²) in [6, 6.07) is 3.36. The highest BCUT2D eigenvalue weighted by atomic mass is 35.5. The van der Waals surface area contributed by atoms with Gasteiger partial charge in [0.25, 0.3) is 0 Å². The zero-order chi connectivity index (χ0) is 19.0. The van der Waals surface area contributed by atoms with E-state index >= 15 is 0 Å². The van der Waals surface area contributed by atoms with Gasteiger partial charge in [-0.15, -0.1) is 0 Å². The largest absolute Gasteiger partial charge is 0.475 e. The predicted molar refractivity (Wildman–Crippen MR) is 99.5 cm³/mol. The van der Waals surface area contributed by atoms with E-state index in [1.54, 1.807) is 6.07 Å². The molecule has 1 aromatic rings. The van der Waals surface area contributed by atoms with Gasteiger partial charge in [0, 0.05) is 19.0 Å². The van der Waals surface area contributed by atoms with Crippen LogP contribution in [0, 0.1) is 0 Å². The maximum Gasteiger partial charge on any atom is 0.371 e. The van der Waals surface area contributed by atoms with Crippen molar-refractivity contribution in [2.24, 2.45) is 0 Å². The lowest BCUT2D eigenvalue weighted by Gasteiger charge is -2.28. The monoisotopic (exact) mass is 387 g/mol. The number of carboxylic acid groups (broad SMARTS) is 1. The maximum atomic E-state index is 10.8. The Morgan fingerprint density at radius 1 is 1.42 bits per heavy atom. The van der Waals surface area contributed by atoms with Crippen molar-refractivity contribution in [1.29, 1.82) is 0 Å². The van der Waals surface area contributed by atoms with E-state index in [4.69, 9.17) is 25.9 Å². The predicted octanol–water partition coefficient (Wildman–Crippen LogP) is 3.86. The molecule has 0 radical (unpaired) electrons. The molecule has 0 aromatic carbocycles. The number of ether oxygens (including phenoxy) is 1. The van der Waals surface area contributed by atoms with E-state index in [0.29, 0.717) is 31.3 Å². The summed E-state index contributed by atoms with van der Waals surface area (Å²) in [5.41, 5.74) is 0. The third-order valence-electron chi connectivity index (χ3n) is 4.87. The van der Waals surface area contributed by atoms with Gasteiger partial charge in [-0.1, -0.05) is 31.4 Å². The zero-order valence-electron chi connectivity index (χ0n) is 15.5. The molecule has 2 heterocycles. The molecule has 2 rings (SSSR count). The van der Waals surface area contributed by atoms with Crippen LogP contribution in [0.1, 0.15) is 68.2 Å². The molecule has 6 nitrogen and oxygen atoms in total. The number of nitrogens with zero attached hydrogens (tertiary/aromatic N) is 1. The summed E-state index contributed by atoms with van der Waals surface area (Å²) in [6.45, 7) is 4.69. The first kappa shape index (κ1) is 21.2. The van der Waals surface area contributed by atoms with Gasteiger partial charge in [-0.25, -0.2) is 4.79 Å². The van der Waals surface area contributed by atoms with E-state index < -0.39 is 11.0 Å². The van der Waals surface area contributed by atoms with Crippen molar-refractivity contribution in [2.75, 3.05) is 19.7 Å². The van der Waals surface area contributed by atoms with Crippen molar-refractivity contribution in [3.05, 3.63) is 23.7 Å². The van der Waals surface area contributed by atoms with Crippen LogP contribution in [-0.4, -0.2) is 51.9 Å². The van der Waals surface area contributed by atoms with Crippen LogP contribution in [0.4, 0.5) is 0 Å². The minimum Gasteiger partial charge on any atom is -0.475 e. The third-order valence-corrected chi connectivity index (χ3v) is 5.25. The van der Waals surface area contributed by atoms with Crippen LogP contribution >= 0.6 is 11.6 Å². The molecule has 148 valence electrons. The molecular weight excluding hydrogens is 358 g/mol. The van der Waals surface area contributed by atoms with E-state index in [1.165, 1.54) is 6.07 Å². The summed E-state index contributed by atoms with van der Waals surface area (Å²) < 4.78 is 10.9. The summed E-state index contributed by atoms with van der Waals surface area (Å²) in [4.78, 5) is 13.1. The molecule has 1 aromatic heterocycles. The van der Waals surface area contributed by atoms with Gasteiger partial charge in [-0.2, -0.15) is 0 Å². The summed E-state index contributed by atoms with van der Waals surface area (Å²) >= 11 is 6.25. The Balaban J connectivity index is 1.70. The Kier molecular flexibility index (Phi) is 8.41. The quantitative estimate of drug-likeness (QED) is 0.418. The Bertz CT molecular complexity index is 560. The number of carbonyl (C=O) groups is 1. The summed E-state index contributed by atoms with van der Waals surface area (Å²) in [6.07, 6.45) is 6.48. The van der Waals surface area contributed by atoms with Crippen molar-refractivity contribution in [3.8, 4) is 0 Å². The molecule has 1 aliphatic heterocycles. The number of carboxylic acids is 1. The lowest BCUT2D eigenvalue weighted by atomic mass is 10.1. The molecule has 2 atom stereocenters. The molecular formula is C19H30ClNO5. The van der Waals surface area contributed by atoms with Crippen molar-refractivity contribution in [1.82, 2.24) is 4.90 Å². The topological polar surface area (TPSA) is 83.1 Å². The highest BCUT2D eigenvalue weighted by Gasteiger charge is 2.29. The van der Waals surface area contributed by atoms with Crippen molar-refractivity contribution in [3.63, 3.8) is 0 Å². The molecule has 7 heteroatoms. The number of unbranched alkanes of at least 4 members (excludes halogenated alkanes) is 2. The SMILES string of the molecule is CCCCCC(O)(Cl)CCN1CCCC1COCc1ccc(C(=O)O)o1. The number of halogens is 1. The van der Waals surface area contributed by atoms with Crippen LogP contribution in [-0.2, 0) is 11.3 Å². The van der Waals surface area contributed by atoms with Gasteiger partial charge in [-0.05, 0) is 44.4 Å². The summed E-state index contributed by atoms with van der Waals surface area (Å²) in [5, 5.41) is 18.0. The number of likely N-dealkylation sites (tertiary alicyclic amines) is 1. The second kappa shape index (κ2) is 10.3. The highest BCUT2D eigenvalue weighted by molar-refractivity contribution is 6.22. The van der Waals surface area contributed by atoms with Crippen LogP contribution in [0.25, 0.3) is 0 Å². The van der Waals surface area contributed by atoms with Gasteiger partial charge in [0.1, 0.15) is 17.4 Å². The normalized spacial score (nSPS) is 20.3. The Morgan fingerprint density at radius 3 is 2.92 bits per heavy atom. The molecule has 0 bridgehead atoms. The van der Waals surface area contributed by atoms with Crippen LogP contribution in [0.2, 0.25) is 0 Å². The summed E-state index contributed by atoms with van der Waals surface area (Å²) in [7, 11) is 0. The standard InChI is InChI=1S/C19H30ClNO5/c1-2-3-4-9-19(20,24)10-12-21-11-5-6-15(21)13-25-14-16-7-8-17(26-16)18(22)23/h7-8,15,24H,2-6,9-14H2,1H3,(H,22,23). The Labute approximate surface area is 160 Å². The molecule has 0 spiro atoms. The summed E-state index contributed by atoms with van der Waals surface area (Å²) in [5.74, 6) is -0.640. The average Bonchev–Trinajstić information content (AvgIpc) is 3.23. The first-order chi connectivity index (χ1) is 12.4. The van der Waals surface area contributed by atoms with Gasteiger partial charge in [0.15, 0.2) is 0 Å². The van der Waals surface area contributed by atoms with Crippen LogP contribution < -0.4 is 0 Å². The fourth-order valence-electron chi connectivity index (χ4n) is 3.33. The molecule has 0 amide bonds. The highest BCUT2D eigenvalue weighted by Crippen LogP contribution is 2.26. The number of rotatable bonds is 12. The third kappa shape index (κ3) is 6.91. The molecule has 2 N–H and O–H groups in total. The number of alkyl halides is 1. The molecule has 0 aliphatic carbocycles. The van der Waals surface area contributed by atoms with E-state index in [1.807, 2.05) is 0 Å². The Hall–Kier alpha value is -1.08. The zero-order valence-corrected chi connectivity index (χ0v) is 16.2. The van der Waals surface area contributed by atoms with E-state index in [0.717, 1.165) is 45.2 Å². The molecule has 1 saturated heterocycles. The van der Waals surface area contributed by atoms with Gasteiger partial charge in [0.05, 0.1) is 6.61 Å². The van der Waals surface area contributed by atoms with E-state index in [9.17, 15) is 9.90 Å². The number of furan rings is 1. The average molecular weight is 388 g/mol. The first-order valence-corrected chi connectivity index (χ1v) is 9.84. The van der Waals surface area contributed by atoms with Crippen molar-refractivity contribution >= 4 is 17.6 Å². The van der Waals surface area contributed by atoms with Gasteiger partial charge in [0.2, 0.25) is 5.76 Å². The van der Waals surface area contributed by atoms with Crippen molar-refractivity contribution in [2.45, 2.75) is 69.6 Å². The smallest absolute Gasteiger partial charge is 0.371 e. The minimum atomic E-state index is -1.12. The lowest BCUT2D eigenvalue weighted by molar-refractivity contribution is 0.0434. The second-order valence-electron chi connectivity index (χ2n) is 7.04. The molecule has 0 saturated carbocycles. The molecule has 1 fully saturated rings. The molecule has 26 heavy (non-hydrogen) atoms. The van der Waals surface area contributed by atoms with Gasteiger partial charge >= 0.3 is 5.97 Å². The van der Waals surface area contributed by atoms with E-state index in [2.05, 4.69) is 11.8 Å².